The molecule has 1 aromatic carbocycles. The molecule has 1 N–H and O–H groups in total. The van der Waals surface area contributed by atoms with Crippen LogP contribution in [0.5, 0.6) is 0 Å². The van der Waals surface area contributed by atoms with Gasteiger partial charge in [-0.1, -0.05) is 36.4 Å². The Bertz CT molecular complexity index is 290. The van der Waals surface area contributed by atoms with Crippen molar-refractivity contribution in [3.63, 3.8) is 0 Å². The van der Waals surface area contributed by atoms with Crippen LogP contribution >= 0.6 is 0 Å². The van der Waals surface area contributed by atoms with Crippen molar-refractivity contribution < 1.29 is 9.90 Å². The molecular weight excluding hydrogens is 164 g/mol. The van der Waals surface area contributed by atoms with Crippen LogP contribution in [-0.2, 0) is 0 Å². The summed E-state index contributed by atoms with van der Waals surface area (Å²) < 4.78 is 0. The predicted molar refractivity (Wildman–Crippen MR) is 51.6 cm³/mol. The van der Waals surface area contributed by atoms with E-state index in [0.29, 0.717) is 5.56 Å². The van der Waals surface area contributed by atoms with Crippen molar-refractivity contribution in [2.24, 2.45) is 0 Å². The Morgan fingerprint density at radius 3 is 2.62 bits per heavy atom. The minimum atomic E-state index is -0.743. The van der Waals surface area contributed by atoms with Gasteiger partial charge in [0.25, 0.3) is 0 Å². The lowest BCUT2D eigenvalue weighted by molar-refractivity contribution is 0.0923. The van der Waals surface area contributed by atoms with Crippen molar-refractivity contribution >= 4 is 5.78 Å². The number of ketones is 1. The maximum Gasteiger partial charge on any atom is 0.165 e. The highest BCUT2D eigenvalue weighted by Gasteiger charge is 2.08. The highest BCUT2D eigenvalue weighted by Crippen LogP contribution is 2.05. The predicted octanol–water partition coefficient (Wildman–Crippen LogP) is 1.81. The molecule has 0 saturated carbocycles. The van der Waals surface area contributed by atoms with Crippen LogP contribution in [0.1, 0.15) is 16.8 Å². The molecule has 1 rings (SSSR count). The van der Waals surface area contributed by atoms with Crippen LogP contribution < -0.4 is 0 Å². The van der Waals surface area contributed by atoms with Gasteiger partial charge in [0, 0.05) is 12.0 Å². The summed E-state index contributed by atoms with van der Waals surface area (Å²) in [4.78, 5) is 11.4. The molecule has 0 radical (unpaired) electrons. The molecule has 0 aromatic heterocycles. The van der Waals surface area contributed by atoms with Gasteiger partial charge in [0.15, 0.2) is 5.78 Å². The van der Waals surface area contributed by atoms with Crippen molar-refractivity contribution in [1.82, 2.24) is 0 Å². The van der Waals surface area contributed by atoms with E-state index in [9.17, 15) is 4.79 Å². The second-order valence-corrected chi connectivity index (χ2v) is 2.80. The molecule has 0 amide bonds. The Balaban J connectivity index is 2.64. The van der Waals surface area contributed by atoms with Crippen LogP contribution in [0.2, 0.25) is 0 Å². The molecule has 0 bridgehead atoms. The first-order valence-electron chi connectivity index (χ1n) is 4.13. The molecule has 0 fully saturated rings. The average Bonchev–Trinajstić information content (AvgIpc) is 2.19. The summed E-state index contributed by atoms with van der Waals surface area (Å²) >= 11 is 0. The van der Waals surface area contributed by atoms with Crippen LogP contribution in [-0.4, -0.2) is 17.0 Å². The number of hydrogen-bond donors (Lipinski definition) is 1. The minimum Gasteiger partial charge on any atom is -0.389 e. The lowest BCUT2D eigenvalue weighted by Gasteiger charge is -2.03. The van der Waals surface area contributed by atoms with Gasteiger partial charge in [-0.15, -0.1) is 6.58 Å². The van der Waals surface area contributed by atoms with E-state index < -0.39 is 6.10 Å². The van der Waals surface area contributed by atoms with E-state index in [4.69, 9.17) is 5.11 Å². The van der Waals surface area contributed by atoms with Gasteiger partial charge in [0.2, 0.25) is 0 Å². The van der Waals surface area contributed by atoms with Crippen LogP contribution in [0.3, 0.4) is 0 Å². The zero-order chi connectivity index (χ0) is 9.68. The SMILES string of the molecule is C=CC(O)CC(=O)c1ccccc1. The number of aliphatic hydroxyl groups excluding tert-OH is 1. The second-order valence-electron chi connectivity index (χ2n) is 2.80. The Kier molecular flexibility index (Phi) is 3.41. The monoisotopic (exact) mass is 176 g/mol. The minimum absolute atomic E-state index is 0.0620. The normalized spacial score (nSPS) is 12.1. The lowest BCUT2D eigenvalue weighted by Crippen LogP contribution is -2.10. The Hall–Kier alpha value is -1.41. The number of hydrogen-bond acceptors (Lipinski definition) is 2. The molecule has 1 unspecified atom stereocenters. The quantitative estimate of drug-likeness (QED) is 0.561. The molecule has 0 aliphatic rings. The topological polar surface area (TPSA) is 37.3 Å². The Morgan fingerprint density at radius 1 is 1.46 bits per heavy atom. The molecule has 0 spiro atoms. The Morgan fingerprint density at radius 2 is 2.08 bits per heavy atom. The van der Waals surface area contributed by atoms with Gasteiger partial charge in [0.1, 0.15) is 0 Å². The molecule has 13 heavy (non-hydrogen) atoms. The largest absolute Gasteiger partial charge is 0.389 e. The third-order valence-electron chi connectivity index (χ3n) is 1.76. The summed E-state index contributed by atoms with van der Waals surface area (Å²) in [5.41, 5.74) is 0.628. The van der Waals surface area contributed by atoms with Gasteiger partial charge in [-0.25, -0.2) is 0 Å². The smallest absolute Gasteiger partial charge is 0.165 e. The van der Waals surface area contributed by atoms with Crippen LogP contribution in [0, 0.1) is 0 Å². The first-order chi connectivity index (χ1) is 6.24. The fourth-order valence-corrected chi connectivity index (χ4v) is 1.02. The van der Waals surface area contributed by atoms with Crippen LogP contribution in [0.25, 0.3) is 0 Å². The fraction of sp³-hybridized carbons (Fsp3) is 0.182. The van der Waals surface area contributed by atoms with Gasteiger partial charge in [-0.2, -0.15) is 0 Å². The maximum atomic E-state index is 11.4. The molecular formula is C11H12O2. The zero-order valence-corrected chi connectivity index (χ0v) is 7.31. The molecule has 1 atom stereocenters. The molecule has 2 nitrogen and oxygen atoms in total. The van der Waals surface area contributed by atoms with Crippen LogP contribution in [0.15, 0.2) is 43.0 Å². The van der Waals surface area contributed by atoms with Gasteiger partial charge in [-0.05, 0) is 0 Å². The number of Topliss-reactive ketones (excluding diaryl/α,β-unsaturated/α-hetero) is 1. The maximum absolute atomic E-state index is 11.4. The lowest BCUT2D eigenvalue weighted by atomic mass is 10.1. The first-order valence-corrected chi connectivity index (χ1v) is 4.13. The number of carbonyl (C=O) groups excluding carboxylic acids is 1. The van der Waals surface area contributed by atoms with E-state index >= 15 is 0 Å². The molecule has 0 heterocycles. The number of benzene rings is 1. The van der Waals surface area contributed by atoms with Crippen molar-refractivity contribution in [2.75, 3.05) is 0 Å². The molecule has 2 heteroatoms. The standard InChI is InChI=1S/C11H12O2/c1-2-10(12)8-11(13)9-6-4-3-5-7-9/h2-7,10,12H,1,8H2. The van der Waals surface area contributed by atoms with Crippen molar-refractivity contribution in [3.05, 3.63) is 48.6 Å². The molecule has 0 saturated heterocycles. The molecule has 68 valence electrons. The third-order valence-corrected chi connectivity index (χ3v) is 1.76. The number of carbonyl (C=O) groups is 1. The van der Waals surface area contributed by atoms with Gasteiger partial charge >= 0.3 is 0 Å². The van der Waals surface area contributed by atoms with E-state index in [-0.39, 0.29) is 12.2 Å². The summed E-state index contributed by atoms with van der Waals surface area (Å²) in [5, 5.41) is 9.15. The highest BCUT2D eigenvalue weighted by molar-refractivity contribution is 5.96. The summed E-state index contributed by atoms with van der Waals surface area (Å²) in [7, 11) is 0. The van der Waals surface area contributed by atoms with E-state index in [1.54, 1.807) is 24.3 Å². The molecule has 0 aliphatic carbocycles. The van der Waals surface area contributed by atoms with Gasteiger partial charge in [-0.3, -0.25) is 4.79 Å². The molecule has 0 aliphatic heterocycles. The van der Waals surface area contributed by atoms with E-state index in [2.05, 4.69) is 6.58 Å². The zero-order valence-electron chi connectivity index (χ0n) is 7.31. The average molecular weight is 176 g/mol. The second kappa shape index (κ2) is 4.58. The summed E-state index contributed by atoms with van der Waals surface area (Å²) in [6.07, 6.45) is 0.724. The van der Waals surface area contributed by atoms with E-state index in [1.807, 2.05) is 6.07 Å². The fourth-order valence-electron chi connectivity index (χ4n) is 1.02. The van der Waals surface area contributed by atoms with Gasteiger partial charge < -0.3 is 5.11 Å². The first kappa shape index (κ1) is 9.68. The van der Waals surface area contributed by atoms with Crippen molar-refractivity contribution in [3.8, 4) is 0 Å². The van der Waals surface area contributed by atoms with Crippen LogP contribution in [0.4, 0.5) is 0 Å². The Labute approximate surface area is 77.5 Å². The molecule has 1 aromatic rings. The number of aliphatic hydroxyl groups is 1. The summed E-state index contributed by atoms with van der Waals surface area (Å²) in [6.45, 7) is 3.41. The van der Waals surface area contributed by atoms with E-state index in [0.717, 1.165) is 0 Å². The summed E-state index contributed by atoms with van der Waals surface area (Å²) in [6, 6.07) is 8.91. The summed E-state index contributed by atoms with van der Waals surface area (Å²) in [5.74, 6) is -0.0620. The van der Waals surface area contributed by atoms with Crippen molar-refractivity contribution in [1.29, 1.82) is 0 Å². The third kappa shape index (κ3) is 2.84. The number of rotatable bonds is 4. The van der Waals surface area contributed by atoms with Crippen molar-refractivity contribution in [2.45, 2.75) is 12.5 Å². The highest BCUT2D eigenvalue weighted by atomic mass is 16.3. The van der Waals surface area contributed by atoms with Gasteiger partial charge in [0.05, 0.1) is 6.10 Å². The van der Waals surface area contributed by atoms with E-state index in [1.165, 1.54) is 6.08 Å².